The number of amides is 2. The number of hydrogen-bond donors (Lipinski definition) is 2. The van der Waals surface area contributed by atoms with Crippen LogP contribution < -0.4 is 20.1 Å². The molecule has 6 rings (SSSR count). The lowest BCUT2D eigenvalue weighted by molar-refractivity contribution is -0.146. The summed E-state index contributed by atoms with van der Waals surface area (Å²) in [6, 6.07) is 11.8. The molecular weight excluding hydrogens is 411 g/mol. The van der Waals surface area contributed by atoms with Crippen molar-refractivity contribution in [2.24, 2.45) is 17.8 Å². The minimum Gasteiger partial charge on any atom is -0.497 e. The highest BCUT2D eigenvalue weighted by Crippen LogP contribution is 2.52. The van der Waals surface area contributed by atoms with E-state index in [2.05, 4.69) is 10.6 Å². The predicted molar refractivity (Wildman–Crippen MR) is 116 cm³/mol. The van der Waals surface area contributed by atoms with E-state index in [1.807, 2.05) is 0 Å². The second kappa shape index (κ2) is 8.11. The maximum Gasteiger partial charge on any atom is 0.258 e. The van der Waals surface area contributed by atoms with Gasteiger partial charge in [0.1, 0.15) is 17.3 Å². The number of benzene rings is 2. The number of hydrogen-bond acceptors (Lipinski definition) is 4. The Labute approximate surface area is 186 Å². The molecule has 0 aromatic heterocycles. The van der Waals surface area contributed by atoms with Crippen molar-refractivity contribution in [1.29, 1.82) is 0 Å². The smallest absolute Gasteiger partial charge is 0.258 e. The molecule has 1 spiro atoms. The third kappa shape index (κ3) is 3.59. The van der Waals surface area contributed by atoms with Crippen LogP contribution in [-0.2, 0) is 11.2 Å². The van der Waals surface area contributed by atoms with Crippen molar-refractivity contribution in [3.8, 4) is 11.5 Å². The average Bonchev–Trinajstić information content (AvgIpc) is 2.80. The van der Waals surface area contributed by atoms with Crippen LogP contribution in [-0.4, -0.2) is 31.2 Å². The molecule has 3 fully saturated rings. The molecule has 2 aromatic carbocycles. The number of rotatable bonds is 5. The van der Waals surface area contributed by atoms with Gasteiger partial charge in [0.05, 0.1) is 12.7 Å². The first-order valence-electron chi connectivity index (χ1n) is 11.2. The first-order chi connectivity index (χ1) is 15.5. The lowest BCUT2D eigenvalue weighted by Gasteiger charge is -2.55. The highest BCUT2D eigenvalue weighted by molar-refractivity contribution is 5.98. The molecule has 3 aliphatic carbocycles. The van der Waals surface area contributed by atoms with E-state index in [1.54, 1.807) is 43.5 Å². The van der Waals surface area contributed by atoms with E-state index in [0.29, 0.717) is 48.4 Å². The first kappa shape index (κ1) is 20.8. The molecule has 7 heteroatoms. The molecule has 168 valence electrons. The molecule has 2 amide bonds. The van der Waals surface area contributed by atoms with Crippen molar-refractivity contribution >= 4 is 11.8 Å². The van der Waals surface area contributed by atoms with Crippen molar-refractivity contribution in [3.63, 3.8) is 0 Å². The normalized spacial score (nSPS) is 27.9. The topological polar surface area (TPSA) is 76.7 Å². The van der Waals surface area contributed by atoms with Gasteiger partial charge in [0, 0.05) is 30.9 Å². The van der Waals surface area contributed by atoms with E-state index < -0.39 is 5.72 Å². The number of carbonyl (C=O) groups is 2. The third-order valence-electron chi connectivity index (χ3n) is 7.26. The fraction of sp³-hybridized carbons (Fsp3) is 0.440. The fourth-order valence-electron chi connectivity index (χ4n) is 5.59. The van der Waals surface area contributed by atoms with Crippen LogP contribution in [0, 0.1) is 23.6 Å². The zero-order valence-corrected chi connectivity index (χ0v) is 18.0. The van der Waals surface area contributed by atoms with Crippen molar-refractivity contribution in [1.82, 2.24) is 10.6 Å². The second-order valence-corrected chi connectivity index (χ2v) is 9.02. The molecule has 1 aliphatic heterocycles. The quantitative estimate of drug-likeness (QED) is 0.750. The van der Waals surface area contributed by atoms with Gasteiger partial charge >= 0.3 is 0 Å². The van der Waals surface area contributed by atoms with Crippen molar-refractivity contribution < 1.29 is 23.5 Å². The van der Waals surface area contributed by atoms with E-state index >= 15 is 0 Å². The SMILES string of the molecule is COc1ccc2c(c1)O[C@@]1(C[C@H]3CC[C@@H]1C[C@@H]3C(=O)NCCc1ccccc1F)NC2=O. The summed E-state index contributed by atoms with van der Waals surface area (Å²) in [4.78, 5) is 25.7. The molecule has 3 saturated carbocycles. The highest BCUT2D eigenvalue weighted by atomic mass is 19.1. The predicted octanol–water partition coefficient (Wildman–Crippen LogP) is 3.45. The molecule has 0 saturated heterocycles. The summed E-state index contributed by atoms with van der Waals surface area (Å²) in [6.07, 6.45) is 3.56. The number of halogens is 1. The maximum absolute atomic E-state index is 13.8. The monoisotopic (exact) mass is 438 g/mol. The standard InChI is InChI=1S/C25H27FN2O4/c1-31-18-8-9-19-22(13-18)32-25(28-24(19)30)14-16-6-7-17(25)12-20(16)23(29)27-11-10-15-4-2-3-5-21(15)26/h2-5,8-9,13,16-17,20H,6-7,10-12,14H2,1H3,(H,27,29)(H,28,30)/t16-,17-,20+,25-/m1/s1. The van der Waals surface area contributed by atoms with Gasteiger partial charge in [-0.2, -0.15) is 0 Å². The third-order valence-corrected chi connectivity index (χ3v) is 7.26. The summed E-state index contributed by atoms with van der Waals surface area (Å²) in [6.45, 7) is 0.402. The van der Waals surface area contributed by atoms with Crippen molar-refractivity contribution in [2.45, 2.75) is 37.8 Å². The van der Waals surface area contributed by atoms with Gasteiger partial charge in [0.25, 0.3) is 5.91 Å². The molecule has 1 heterocycles. The van der Waals surface area contributed by atoms with Gasteiger partial charge in [0.2, 0.25) is 5.91 Å². The highest BCUT2D eigenvalue weighted by Gasteiger charge is 2.57. The van der Waals surface area contributed by atoms with E-state index in [0.717, 1.165) is 12.8 Å². The lowest BCUT2D eigenvalue weighted by atomic mass is 9.60. The number of carbonyl (C=O) groups excluding carboxylic acids is 2. The fourth-order valence-corrected chi connectivity index (χ4v) is 5.59. The maximum atomic E-state index is 13.8. The summed E-state index contributed by atoms with van der Waals surface area (Å²) in [5.41, 5.74) is 0.327. The van der Waals surface area contributed by atoms with Crippen molar-refractivity contribution in [2.75, 3.05) is 13.7 Å². The Kier molecular flexibility index (Phi) is 5.27. The molecule has 4 atom stereocenters. The van der Waals surface area contributed by atoms with E-state index in [-0.39, 0.29) is 35.4 Å². The molecule has 4 aliphatic rings. The average molecular weight is 438 g/mol. The van der Waals surface area contributed by atoms with Crippen LogP contribution in [0.2, 0.25) is 0 Å². The second-order valence-electron chi connectivity index (χ2n) is 9.02. The van der Waals surface area contributed by atoms with Crippen molar-refractivity contribution in [3.05, 3.63) is 59.4 Å². The Bertz CT molecular complexity index is 1060. The zero-order valence-electron chi connectivity index (χ0n) is 18.0. The molecule has 6 nitrogen and oxygen atoms in total. The van der Waals surface area contributed by atoms with Gasteiger partial charge in [-0.15, -0.1) is 0 Å². The minimum atomic E-state index is -0.774. The van der Waals surface area contributed by atoms with Gasteiger partial charge in [0.15, 0.2) is 5.72 Å². The van der Waals surface area contributed by atoms with E-state index in [9.17, 15) is 14.0 Å². The van der Waals surface area contributed by atoms with E-state index in [1.165, 1.54) is 6.07 Å². The molecule has 0 radical (unpaired) electrons. The summed E-state index contributed by atoms with van der Waals surface area (Å²) in [5, 5.41) is 6.11. The van der Waals surface area contributed by atoms with Crippen LogP contribution >= 0.6 is 0 Å². The molecule has 0 unspecified atom stereocenters. The largest absolute Gasteiger partial charge is 0.497 e. The Morgan fingerprint density at radius 3 is 2.88 bits per heavy atom. The van der Waals surface area contributed by atoms with Crippen LogP contribution in [0.15, 0.2) is 42.5 Å². The van der Waals surface area contributed by atoms with Gasteiger partial charge in [-0.3, -0.25) is 9.59 Å². The Morgan fingerprint density at radius 1 is 1.28 bits per heavy atom. The van der Waals surface area contributed by atoms with Crippen LogP contribution in [0.25, 0.3) is 0 Å². The number of nitrogens with one attached hydrogen (secondary N) is 2. The van der Waals surface area contributed by atoms with Gasteiger partial charge in [-0.05, 0) is 55.4 Å². The summed E-state index contributed by atoms with van der Waals surface area (Å²) in [7, 11) is 1.58. The number of methoxy groups -OCH3 is 1. The molecular formula is C25H27FN2O4. The number of fused-ring (bicyclic) bond motifs is 3. The summed E-state index contributed by atoms with van der Waals surface area (Å²) >= 11 is 0. The summed E-state index contributed by atoms with van der Waals surface area (Å²) in [5.74, 6) is 0.851. The molecule has 2 bridgehead atoms. The first-order valence-corrected chi connectivity index (χ1v) is 11.2. The lowest BCUT2D eigenvalue weighted by Crippen LogP contribution is -2.67. The molecule has 2 aromatic rings. The van der Waals surface area contributed by atoms with Gasteiger partial charge in [-0.25, -0.2) is 4.39 Å². The molecule has 32 heavy (non-hydrogen) atoms. The Hall–Kier alpha value is -3.09. The summed E-state index contributed by atoms with van der Waals surface area (Å²) < 4.78 is 25.5. The minimum absolute atomic E-state index is 0.00935. The number of ether oxygens (including phenoxy) is 2. The van der Waals surface area contributed by atoms with Crippen LogP contribution in [0.1, 0.15) is 41.6 Å². The van der Waals surface area contributed by atoms with E-state index in [4.69, 9.17) is 9.47 Å². The van der Waals surface area contributed by atoms with Gasteiger partial charge < -0.3 is 20.1 Å². The van der Waals surface area contributed by atoms with Crippen LogP contribution in [0.4, 0.5) is 4.39 Å². The van der Waals surface area contributed by atoms with Crippen LogP contribution in [0.5, 0.6) is 11.5 Å². The Balaban J connectivity index is 1.26. The zero-order chi connectivity index (χ0) is 22.3. The van der Waals surface area contributed by atoms with Crippen LogP contribution in [0.3, 0.4) is 0 Å². The van der Waals surface area contributed by atoms with Gasteiger partial charge in [-0.1, -0.05) is 18.2 Å². The Morgan fingerprint density at radius 2 is 2.12 bits per heavy atom. The molecule has 2 N–H and O–H groups in total.